The highest BCUT2D eigenvalue weighted by molar-refractivity contribution is 6.15. The van der Waals surface area contributed by atoms with Crippen molar-refractivity contribution in [1.29, 1.82) is 0 Å². The summed E-state index contributed by atoms with van der Waals surface area (Å²) in [5.41, 5.74) is 11.6. The summed E-state index contributed by atoms with van der Waals surface area (Å²) in [5.74, 6) is 1.75. The largest absolute Gasteiger partial charge is 0.456 e. The minimum absolute atomic E-state index is 0.571. The Kier molecular flexibility index (Phi) is 6.83. The molecule has 0 spiro atoms. The fourth-order valence-corrected chi connectivity index (χ4v) is 8.42. The summed E-state index contributed by atoms with van der Waals surface area (Å²) in [6, 6.07) is 62.8. The molecule has 12 rings (SSSR count). The van der Waals surface area contributed by atoms with Crippen LogP contribution in [-0.2, 0) is 0 Å². The molecule has 0 aliphatic rings. The van der Waals surface area contributed by atoms with E-state index in [1.807, 2.05) is 72.8 Å². The van der Waals surface area contributed by atoms with Crippen molar-refractivity contribution >= 4 is 65.7 Å². The van der Waals surface area contributed by atoms with Crippen LogP contribution in [0.3, 0.4) is 0 Å². The second kappa shape index (κ2) is 12.3. The molecule has 0 radical (unpaired) electrons. The molecule has 6 heteroatoms. The van der Waals surface area contributed by atoms with Gasteiger partial charge in [0.05, 0.1) is 11.0 Å². The van der Waals surface area contributed by atoms with E-state index in [4.69, 9.17) is 23.8 Å². The number of hydrogen-bond acceptors (Lipinski definition) is 5. The van der Waals surface area contributed by atoms with E-state index >= 15 is 0 Å². The standard InChI is InChI=1S/C51H30N4O2/c1-3-12-31(13-4-1)49-52-50(54-51(53-49)34-22-25-39-38-17-8-10-20-44(38)57-47(39)30-34)33-24-27-45-41(29-33)48-36(18-11-21-46(48)56-45)32-23-26-43-40(28-32)37-16-7-9-19-42(37)55(43)35-14-5-2-6-15-35/h1-30H. The van der Waals surface area contributed by atoms with E-state index < -0.39 is 0 Å². The van der Waals surface area contributed by atoms with Crippen molar-refractivity contribution in [3.05, 3.63) is 182 Å². The average Bonchev–Trinajstić information content (AvgIpc) is 3.95. The Labute approximate surface area is 325 Å². The second-order valence-electron chi connectivity index (χ2n) is 14.4. The minimum atomic E-state index is 0.571. The van der Waals surface area contributed by atoms with Gasteiger partial charge < -0.3 is 13.4 Å². The van der Waals surface area contributed by atoms with Crippen LogP contribution >= 0.6 is 0 Å². The molecule has 57 heavy (non-hydrogen) atoms. The molecular formula is C51H30N4O2. The van der Waals surface area contributed by atoms with Crippen molar-refractivity contribution in [2.45, 2.75) is 0 Å². The molecule has 0 fully saturated rings. The lowest BCUT2D eigenvalue weighted by atomic mass is 9.97. The molecule has 12 aromatic rings. The summed E-state index contributed by atoms with van der Waals surface area (Å²) in [7, 11) is 0. The van der Waals surface area contributed by atoms with Crippen LogP contribution in [0.4, 0.5) is 0 Å². The summed E-state index contributed by atoms with van der Waals surface area (Å²) in [6.45, 7) is 0. The molecule has 0 atom stereocenters. The summed E-state index contributed by atoms with van der Waals surface area (Å²) < 4.78 is 15.1. The van der Waals surface area contributed by atoms with E-state index in [1.54, 1.807) is 0 Å². The fraction of sp³-hybridized carbons (Fsp3) is 0. The SMILES string of the molecule is c1ccc(-c2nc(-c3ccc4c(c3)oc3ccccc34)nc(-c3ccc4oc5cccc(-c6ccc7c(c6)c6ccccc6n7-c6ccccc6)c5c4c3)n2)cc1. The third-order valence-corrected chi connectivity index (χ3v) is 11.1. The third kappa shape index (κ3) is 5.01. The average molecular weight is 731 g/mol. The highest BCUT2D eigenvalue weighted by Gasteiger charge is 2.19. The van der Waals surface area contributed by atoms with Gasteiger partial charge >= 0.3 is 0 Å². The molecule has 0 amide bonds. The van der Waals surface area contributed by atoms with Crippen LogP contribution < -0.4 is 0 Å². The Hall–Kier alpha value is -7.83. The molecule has 0 saturated carbocycles. The first-order valence-corrected chi connectivity index (χ1v) is 19.0. The number of hydrogen-bond donors (Lipinski definition) is 0. The molecule has 4 aromatic heterocycles. The van der Waals surface area contributed by atoms with Crippen molar-refractivity contribution in [2.75, 3.05) is 0 Å². The van der Waals surface area contributed by atoms with Gasteiger partial charge in [-0.25, -0.2) is 15.0 Å². The van der Waals surface area contributed by atoms with Crippen LogP contribution in [0.25, 0.3) is 117 Å². The zero-order valence-corrected chi connectivity index (χ0v) is 30.4. The van der Waals surface area contributed by atoms with Gasteiger partial charge in [-0.1, -0.05) is 109 Å². The molecule has 0 aliphatic carbocycles. The Morgan fingerprint density at radius 3 is 1.75 bits per heavy atom. The fourth-order valence-electron chi connectivity index (χ4n) is 8.42. The summed E-state index contributed by atoms with van der Waals surface area (Å²) in [6.07, 6.45) is 0. The van der Waals surface area contributed by atoms with Crippen molar-refractivity contribution in [3.63, 3.8) is 0 Å². The first-order valence-electron chi connectivity index (χ1n) is 19.0. The van der Waals surface area contributed by atoms with Gasteiger partial charge in [-0.3, -0.25) is 0 Å². The smallest absolute Gasteiger partial charge is 0.164 e. The molecule has 6 nitrogen and oxygen atoms in total. The highest BCUT2D eigenvalue weighted by Crippen LogP contribution is 2.41. The molecule has 0 aliphatic heterocycles. The number of nitrogens with zero attached hydrogens (tertiary/aromatic N) is 4. The lowest BCUT2D eigenvalue weighted by Crippen LogP contribution is -2.00. The summed E-state index contributed by atoms with van der Waals surface area (Å²) >= 11 is 0. The number of benzene rings is 8. The number of furan rings is 2. The predicted molar refractivity (Wildman–Crippen MR) is 230 cm³/mol. The van der Waals surface area contributed by atoms with Crippen LogP contribution in [0.5, 0.6) is 0 Å². The van der Waals surface area contributed by atoms with Crippen molar-refractivity contribution in [1.82, 2.24) is 19.5 Å². The molecular weight excluding hydrogens is 701 g/mol. The predicted octanol–water partition coefficient (Wildman–Crippen LogP) is 13.4. The molecule has 0 N–H and O–H groups in total. The van der Waals surface area contributed by atoms with E-state index in [2.05, 4.69) is 114 Å². The monoisotopic (exact) mass is 730 g/mol. The molecule has 4 heterocycles. The van der Waals surface area contributed by atoms with Gasteiger partial charge in [0.25, 0.3) is 0 Å². The maximum atomic E-state index is 6.51. The lowest BCUT2D eigenvalue weighted by molar-refractivity contribution is 0.668. The molecule has 8 aromatic carbocycles. The Bertz CT molecular complexity index is 3530. The third-order valence-electron chi connectivity index (χ3n) is 11.1. The normalized spacial score (nSPS) is 11.9. The number of fused-ring (bicyclic) bond motifs is 9. The van der Waals surface area contributed by atoms with E-state index in [0.29, 0.717) is 17.5 Å². The van der Waals surface area contributed by atoms with Crippen LogP contribution in [-0.4, -0.2) is 19.5 Å². The van der Waals surface area contributed by atoms with Gasteiger partial charge in [0.15, 0.2) is 17.5 Å². The van der Waals surface area contributed by atoms with Crippen LogP contribution in [0.1, 0.15) is 0 Å². The van der Waals surface area contributed by atoms with Crippen LogP contribution in [0.2, 0.25) is 0 Å². The van der Waals surface area contributed by atoms with Gasteiger partial charge in [-0.15, -0.1) is 0 Å². The van der Waals surface area contributed by atoms with Crippen molar-refractivity contribution < 1.29 is 8.83 Å². The lowest BCUT2D eigenvalue weighted by Gasteiger charge is -2.09. The minimum Gasteiger partial charge on any atom is -0.456 e. The van der Waals surface area contributed by atoms with E-state index in [0.717, 1.165) is 82.9 Å². The maximum Gasteiger partial charge on any atom is 0.164 e. The van der Waals surface area contributed by atoms with Gasteiger partial charge in [0.2, 0.25) is 0 Å². The zero-order valence-electron chi connectivity index (χ0n) is 30.4. The van der Waals surface area contributed by atoms with E-state index in [1.165, 1.54) is 16.3 Å². The summed E-state index contributed by atoms with van der Waals surface area (Å²) in [5, 5.41) is 6.60. The van der Waals surface area contributed by atoms with Gasteiger partial charge in [0.1, 0.15) is 22.3 Å². The van der Waals surface area contributed by atoms with Crippen LogP contribution in [0.15, 0.2) is 191 Å². The maximum absolute atomic E-state index is 6.51. The van der Waals surface area contributed by atoms with Crippen molar-refractivity contribution in [3.8, 4) is 51.0 Å². The summed E-state index contributed by atoms with van der Waals surface area (Å²) in [4.78, 5) is 15.2. The molecule has 0 saturated heterocycles. The van der Waals surface area contributed by atoms with Gasteiger partial charge in [-0.05, 0) is 83.9 Å². The van der Waals surface area contributed by atoms with Crippen LogP contribution in [0, 0.1) is 0 Å². The van der Waals surface area contributed by atoms with Gasteiger partial charge in [-0.2, -0.15) is 0 Å². The zero-order chi connectivity index (χ0) is 37.5. The first kappa shape index (κ1) is 31.5. The van der Waals surface area contributed by atoms with E-state index in [-0.39, 0.29) is 0 Å². The molecule has 266 valence electrons. The van der Waals surface area contributed by atoms with E-state index in [9.17, 15) is 0 Å². The Morgan fingerprint density at radius 2 is 0.912 bits per heavy atom. The molecule has 0 bridgehead atoms. The quantitative estimate of drug-likeness (QED) is 0.176. The van der Waals surface area contributed by atoms with Crippen molar-refractivity contribution in [2.24, 2.45) is 0 Å². The number of aromatic nitrogens is 4. The topological polar surface area (TPSA) is 69.9 Å². The number of rotatable bonds is 5. The van der Waals surface area contributed by atoms with Gasteiger partial charge in [0, 0.05) is 54.7 Å². The Balaban J connectivity index is 1.03. The first-order chi connectivity index (χ1) is 28.2. The highest BCUT2D eigenvalue weighted by atomic mass is 16.3. The second-order valence-corrected chi connectivity index (χ2v) is 14.4. The number of para-hydroxylation sites is 3. The Morgan fingerprint density at radius 1 is 0.333 bits per heavy atom. The molecule has 0 unspecified atom stereocenters.